The van der Waals surface area contributed by atoms with Crippen molar-refractivity contribution < 1.29 is 17.9 Å². The molecule has 0 radical (unpaired) electrons. The maximum Gasteiger partial charge on any atom is 0.213 e. The molecule has 2 heterocycles. The van der Waals surface area contributed by atoms with Gasteiger partial charge in [0.2, 0.25) is 5.79 Å². The van der Waals surface area contributed by atoms with Crippen LogP contribution in [0.25, 0.3) is 11.1 Å². The lowest BCUT2D eigenvalue weighted by Crippen LogP contribution is -2.54. The van der Waals surface area contributed by atoms with Gasteiger partial charge in [-0.3, -0.25) is 4.90 Å². The Morgan fingerprint density at radius 1 is 1.10 bits per heavy atom. The molecule has 7 heteroatoms. The summed E-state index contributed by atoms with van der Waals surface area (Å²) in [4.78, 5) is 2.77. The smallest absolute Gasteiger partial charge is 0.213 e. The highest BCUT2D eigenvalue weighted by atomic mass is 35.5. The zero-order valence-corrected chi connectivity index (χ0v) is 19.3. The fraction of sp³-hybridized carbons (Fsp3) is 0.500. The number of benzene rings is 2. The summed E-state index contributed by atoms with van der Waals surface area (Å²) in [6.45, 7) is 4.20. The van der Waals surface area contributed by atoms with Crippen LogP contribution in [0.1, 0.15) is 44.6 Å². The van der Waals surface area contributed by atoms with Gasteiger partial charge in [0, 0.05) is 37.5 Å². The molecule has 5 rings (SSSR count). The molecule has 2 aromatic rings. The highest BCUT2D eigenvalue weighted by molar-refractivity contribution is 7.91. The SMILES string of the molecule is CCS(=O)(=O)c1ccc(-c2ccc3c(c2)COC2(CCN(C4CCC4)CC2)O3)cc1Cl. The Kier molecular flexibility index (Phi) is 5.53. The molecule has 2 fully saturated rings. The van der Waals surface area contributed by atoms with Crippen molar-refractivity contribution in [2.24, 2.45) is 0 Å². The van der Waals surface area contributed by atoms with Crippen LogP contribution in [-0.4, -0.2) is 44.0 Å². The van der Waals surface area contributed by atoms with E-state index in [2.05, 4.69) is 4.90 Å². The number of hydrogen-bond donors (Lipinski definition) is 0. The summed E-state index contributed by atoms with van der Waals surface area (Å²) < 4.78 is 37.0. The Hall–Kier alpha value is -1.60. The van der Waals surface area contributed by atoms with Gasteiger partial charge in [-0.25, -0.2) is 8.42 Å². The summed E-state index contributed by atoms with van der Waals surface area (Å²) in [5.74, 6) is 0.400. The molecule has 31 heavy (non-hydrogen) atoms. The van der Waals surface area contributed by atoms with Crippen LogP contribution in [0, 0.1) is 0 Å². The van der Waals surface area contributed by atoms with Crippen molar-refractivity contribution in [3.63, 3.8) is 0 Å². The molecule has 2 aromatic carbocycles. The van der Waals surface area contributed by atoms with E-state index in [0.29, 0.717) is 6.61 Å². The first-order chi connectivity index (χ1) is 14.9. The minimum absolute atomic E-state index is 0.0275. The van der Waals surface area contributed by atoms with Crippen LogP contribution in [-0.2, 0) is 21.2 Å². The van der Waals surface area contributed by atoms with Crippen LogP contribution >= 0.6 is 11.6 Å². The maximum atomic E-state index is 12.2. The van der Waals surface area contributed by atoms with Gasteiger partial charge >= 0.3 is 0 Å². The first-order valence-electron chi connectivity index (χ1n) is 11.1. The Labute approximate surface area is 189 Å². The molecule has 2 aliphatic heterocycles. The minimum Gasteiger partial charge on any atom is -0.462 e. The standard InChI is InChI=1S/C24H28ClNO4S/c1-2-31(27,28)23-9-7-18(15-21(23)25)17-6-8-22-19(14-17)16-29-24(30-22)10-12-26(13-11-24)20-4-3-5-20/h6-9,14-15,20H,2-5,10-13,16H2,1H3. The predicted molar refractivity (Wildman–Crippen MR) is 121 cm³/mol. The van der Waals surface area contributed by atoms with Gasteiger partial charge in [-0.15, -0.1) is 0 Å². The van der Waals surface area contributed by atoms with E-state index in [-0.39, 0.29) is 15.7 Å². The Bertz CT molecular complexity index is 1090. The molecule has 5 nitrogen and oxygen atoms in total. The van der Waals surface area contributed by atoms with Gasteiger partial charge in [0.25, 0.3) is 0 Å². The average molecular weight is 462 g/mol. The second-order valence-electron chi connectivity index (χ2n) is 8.79. The molecular formula is C24H28ClNO4S. The molecule has 0 aromatic heterocycles. The third-order valence-electron chi connectivity index (χ3n) is 6.98. The summed E-state index contributed by atoms with van der Waals surface area (Å²) in [5, 5.41) is 0.252. The first kappa shape index (κ1) is 21.3. The summed E-state index contributed by atoms with van der Waals surface area (Å²) >= 11 is 6.30. The number of piperidine rings is 1. The number of ether oxygens (including phenoxy) is 2. The fourth-order valence-corrected chi connectivity index (χ4v) is 6.20. The van der Waals surface area contributed by atoms with Crippen LogP contribution in [0.2, 0.25) is 5.02 Å². The summed E-state index contributed by atoms with van der Waals surface area (Å²) in [7, 11) is -3.34. The zero-order valence-electron chi connectivity index (χ0n) is 17.8. The lowest BCUT2D eigenvalue weighted by atomic mass is 9.89. The topological polar surface area (TPSA) is 55.8 Å². The predicted octanol–water partition coefficient (Wildman–Crippen LogP) is 5.05. The Morgan fingerprint density at radius 2 is 1.81 bits per heavy atom. The van der Waals surface area contributed by atoms with Crippen LogP contribution in [0.3, 0.4) is 0 Å². The van der Waals surface area contributed by atoms with Gasteiger partial charge < -0.3 is 9.47 Å². The van der Waals surface area contributed by atoms with Gasteiger partial charge in [0.05, 0.1) is 22.3 Å². The van der Waals surface area contributed by atoms with Crippen molar-refractivity contribution in [3.8, 4) is 16.9 Å². The van der Waals surface area contributed by atoms with Crippen molar-refractivity contribution >= 4 is 21.4 Å². The van der Waals surface area contributed by atoms with Gasteiger partial charge in [0.1, 0.15) is 5.75 Å². The van der Waals surface area contributed by atoms with Crippen LogP contribution in [0.15, 0.2) is 41.3 Å². The van der Waals surface area contributed by atoms with Crippen molar-refractivity contribution in [3.05, 3.63) is 47.0 Å². The monoisotopic (exact) mass is 461 g/mol. The zero-order chi connectivity index (χ0) is 21.6. The van der Waals surface area contributed by atoms with Crippen molar-refractivity contribution in [2.45, 2.75) is 62.4 Å². The number of nitrogens with zero attached hydrogens (tertiary/aromatic N) is 1. The third-order valence-corrected chi connectivity index (χ3v) is 9.19. The van der Waals surface area contributed by atoms with Crippen molar-refractivity contribution in [2.75, 3.05) is 18.8 Å². The van der Waals surface area contributed by atoms with Gasteiger partial charge in [-0.2, -0.15) is 0 Å². The van der Waals surface area contributed by atoms with Crippen LogP contribution < -0.4 is 4.74 Å². The number of rotatable bonds is 4. The Morgan fingerprint density at radius 3 is 2.45 bits per heavy atom. The molecule has 1 saturated carbocycles. The maximum absolute atomic E-state index is 12.2. The van der Waals surface area contributed by atoms with E-state index in [9.17, 15) is 8.42 Å². The lowest BCUT2D eigenvalue weighted by Gasteiger charge is -2.47. The van der Waals surface area contributed by atoms with E-state index in [1.807, 2.05) is 18.2 Å². The molecule has 1 spiro atoms. The first-order valence-corrected chi connectivity index (χ1v) is 13.1. The van der Waals surface area contributed by atoms with Crippen LogP contribution in [0.4, 0.5) is 0 Å². The van der Waals surface area contributed by atoms with E-state index < -0.39 is 15.6 Å². The van der Waals surface area contributed by atoms with Crippen LogP contribution in [0.5, 0.6) is 5.75 Å². The minimum atomic E-state index is -3.34. The highest BCUT2D eigenvalue weighted by Gasteiger charge is 2.42. The second kappa shape index (κ2) is 8.07. The average Bonchev–Trinajstić information content (AvgIpc) is 2.73. The van der Waals surface area contributed by atoms with E-state index in [4.69, 9.17) is 21.1 Å². The van der Waals surface area contributed by atoms with E-state index in [1.165, 1.54) is 19.3 Å². The number of sulfone groups is 1. The third kappa shape index (κ3) is 3.99. The molecule has 0 N–H and O–H groups in total. The largest absolute Gasteiger partial charge is 0.462 e. The second-order valence-corrected chi connectivity index (χ2v) is 11.4. The van der Waals surface area contributed by atoms with Gasteiger partial charge in [-0.05, 0) is 48.2 Å². The highest BCUT2D eigenvalue weighted by Crippen LogP contribution is 2.41. The van der Waals surface area contributed by atoms with E-state index >= 15 is 0 Å². The molecule has 3 aliphatic rings. The molecule has 0 atom stereocenters. The van der Waals surface area contributed by atoms with E-state index in [0.717, 1.165) is 54.4 Å². The summed E-state index contributed by atoms with van der Waals surface area (Å²) in [6, 6.07) is 11.9. The summed E-state index contributed by atoms with van der Waals surface area (Å²) in [6.07, 6.45) is 5.81. The summed E-state index contributed by atoms with van der Waals surface area (Å²) in [5.41, 5.74) is 2.84. The van der Waals surface area contributed by atoms with E-state index in [1.54, 1.807) is 25.1 Å². The van der Waals surface area contributed by atoms with Crippen molar-refractivity contribution in [1.82, 2.24) is 4.90 Å². The van der Waals surface area contributed by atoms with Gasteiger partial charge in [0.15, 0.2) is 9.84 Å². The normalized spacial score (nSPS) is 21.4. The Balaban J connectivity index is 1.33. The molecule has 1 saturated heterocycles. The number of fused-ring (bicyclic) bond motifs is 1. The molecule has 0 amide bonds. The number of hydrogen-bond acceptors (Lipinski definition) is 5. The fourth-order valence-electron chi connectivity index (χ4n) is 4.73. The molecule has 0 bridgehead atoms. The molecule has 1 aliphatic carbocycles. The number of likely N-dealkylation sites (tertiary alicyclic amines) is 1. The van der Waals surface area contributed by atoms with Crippen molar-refractivity contribution in [1.29, 1.82) is 0 Å². The molecule has 0 unspecified atom stereocenters. The lowest BCUT2D eigenvalue weighted by molar-refractivity contribution is -0.231. The number of halogens is 1. The molecule has 166 valence electrons. The quantitative estimate of drug-likeness (QED) is 0.637. The molecular weight excluding hydrogens is 434 g/mol. The van der Waals surface area contributed by atoms with Gasteiger partial charge in [-0.1, -0.05) is 37.1 Å².